The van der Waals surface area contributed by atoms with Gasteiger partial charge in [0.15, 0.2) is 11.4 Å². The Morgan fingerprint density at radius 1 is 1.33 bits per heavy atom. The van der Waals surface area contributed by atoms with Crippen LogP contribution in [-0.2, 0) is 0 Å². The third-order valence-corrected chi connectivity index (χ3v) is 2.40. The van der Waals surface area contributed by atoms with E-state index in [0.29, 0.717) is 0 Å². The molecule has 0 aliphatic carbocycles. The van der Waals surface area contributed by atoms with Crippen LogP contribution in [0.25, 0.3) is 0 Å². The van der Waals surface area contributed by atoms with Crippen molar-refractivity contribution in [1.82, 2.24) is 4.48 Å². The topological polar surface area (TPSA) is 9.23 Å². The van der Waals surface area contributed by atoms with Crippen molar-refractivity contribution >= 4 is 5.69 Å². The third kappa shape index (κ3) is 2.83. The van der Waals surface area contributed by atoms with E-state index in [9.17, 15) is 0 Å². The first-order valence-corrected chi connectivity index (χ1v) is 5.08. The van der Waals surface area contributed by atoms with E-state index >= 15 is 0 Å². The minimum atomic E-state index is 0.763. The highest BCUT2D eigenvalue weighted by molar-refractivity contribution is 5.55. The van der Waals surface area contributed by atoms with Crippen LogP contribution in [0.15, 0.2) is 36.4 Å². The van der Waals surface area contributed by atoms with E-state index in [1.54, 1.807) is 7.11 Å². The first-order chi connectivity index (χ1) is 6.97. The molecule has 0 aliphatic rings. The summed E-state index contributed by atoms with van der Waals surface area (Å²) in [6.45, 7) is 6.93. The number of likely N-dealkylation sites (N-methyl/N-ethyl adjacent to an activating group) is 1. The van der Waals surface area contributed by atoms with Gasteiger partial charge >= 0.3 is 0 Å². The van der Waals surface area contributed by atoms with Gasteiger partial charge in [0.1, 0.15) is 6.54 Å². The van der Waals surface area contributed by atoms with Gasteiger partial charge in [0, 0.05) is 6.07 Å². The molecule has 0 bridgehead atoms. The van der Waals surface area contributed by atoms with Gasteiger partial charge in [-0.25, -0.2) is 0 Å². The molecule has 0 atom stereocenters. The van der Waals surface area contributed by atoms with E-state index in [-0.39, 0.29) is 0 Å². The van der Waals surface area contributed by atoms with Gasteiger partial charge in [-0.15, -0.1) is 0 Å². The van der Waals surface area contributed by atoms with Crippen LogP contribution in [0.1, 0.15) is 6.92 Å². The predicted molar refractivity (Wildman–Crippen MR) is 66.3 cm³/mol. The summed E-state index contributed by atoms with van der Waals surface area (Å²) in [6.07, 6.45) is 0. The van der Waals surface area contributed by atoms with Crippen LogP contribution >= 0.6 is 0 Å². The van der Waals surface area contributed by atoms with Gasteiger partial charge in [0.25, 0.3) is 0 Å². The van der Waals surface area contributed by atoms with Crippen LogP contribution < -0.4 is 9.22 Å². The third-order valence-electron chi connectivity index (χ3n) is 2.40. The highest BCUT2D eigenvalue weighted by atomic mass is 16.5. The molecule has 0 saturated carbocycles. The summed E-state index contributed by atoms with van der Waals surface area (Å²) in [5, 5.41) is 0. The summed E-state index contributed by atoms with van der Waals surface area (Å²) in [7, 11) is 6.03. The smallest absolute Gasteiger partial charge is 0.179 e. The predicted octanol–water partition coefficient (Wildman–Crippen LogP) is 2.84. The van der Waals surface area contributed by atoms with Gasteiger partial charge < -0.3 is 4.74 Å². The fourth-order valence-electron chi connectivity index (χ4n) is 1.89. The molecule has 2 nitrogen and oxygen atoms in total. The van der Waals surface area contributed by atoms with Crippen molar-refractivity contribution in [3.63, 3.8) is 0 Å². The summed E-state index contributed by atoms with van der Waals surface area (Å²) < 4.78 is 6.13. The molecule has 0 radical (unpaired) electrons. The Bertz CT molecular complexity index is 355. The summed E-state index contributed by atoms with van der Waals surface area (Å²) >= 11 is 0. The maximum atomic E-state index is 5.37. The van der Waals surface area contributed by atoms with Crippen molar-refractivity contribution in [1.29, 1.82) is 0 Å². The fraction of sp³-hybridized carbons (Fsp3) is 0.385. The van der Waals surface area contributed by atoms with Crippen LogP contribution in [0.3, 0.4) is 0 Å². The molecule has 0 aliphatic heterocycles. The van der Waals surface area contributed by atoms with Crippen molar-refractivity contribution in [2.24, 2.45) is 0 Å². The average molecular weight is 206 g/mol. The Morgan fingerprint density at radius 3 is 2.47 bits per heavy atom. The lowest BCUT2D eigenvalue weighted by Crippen LogP contribution is -2.41. The number of methoxy groups -OCH3 is 1. The van der Waals surface area contributed by atoms with Crippen LogP contribution in [0.5, 0.6) is 5.75 Å². The number of hydrogen-bond acceptors (Lipinski definition) is 1. The quantitative estimate of drug-likeness (QED) is 0.543. The summed E-state index contributed by atoms with van der Waals surface area (Å²) in [5.74, 6) is 0.934. The van der Waals surface area contributed by atoms with Crippen molar-refractivity contribution in [2.45, 2.75) is 6.92 Å². The normalized spacial score (nSPS) is 11.2. The summed E-state index contributed by atoms with van der Waals surface area (Å²) in [6, 6.07) is 8.12. The van der Waals surface area contributed by atoms with E-state index in [0.717, 1.165) is 16.8 Å². The summed E-state index contributed by atoms with van der Waals surface area (Å²) in [5.41, 5.74) is 2.36. The molecule has 82 valence electrons. The van der Waals surface area contributed by atoms with E-state index in [4.69, 9.17) is 4.74 Å². The van der Waals surface area contributed by atoms with Crippen molar-refractivity contribution < 1.29 is 4.74 Å². The monoisotopic (exact) mass is 206 g/mol. The van der Waals surface area contributed by atoms with E-state index < -0.39 is 0 Å². The molecule has 0 heterocycles. The molecule has 0 unspecified atom stereocenters. The molecule has 1 rings (SSSR count). The Morgan fingerprint density at radius 2 is 1.93 bits per heavy atom. The van der Waals surface area contributed by atoms with E-state index in [1.165, 1.54) is 11.3 Å². The van der Waals surface area contributed by atoms with Gasteiger partial charge in [-0.1, -0.05) is 18.7 Å². The number of quaternary nitrogens is 1. The fourth-order valence-corrected chi connectivity index (χ4v) is 1.89. The summed E-state index contributed by atoms with van der Waals surface area (Å²) in [4.78, 5) is 0. The van der Waals surface area contributed by atoms with E-state index in [1.807, 2.05) is 18.2 Å². The standard InChI is InChI=1S/C13H20NO/c1-11(2)10-14(3,4)12-8-6-7-9-13(12)15-5/h6-9H,1,10H2,2-5H3/q+1. The number of hydrogen-bond donors (Lipinski definition) is 0. The van der Waals surface area contributed by atoms with Gasteiger partial charge in [0.2, 0.25) is 0 Å². The minimum absolute atomic E-state index is 0.763. The van der Waals surface area contributed by atoms with E-state index in [2.05, 4.69) is 33.7 Å². The number of rotatable bonds is 4. The SMILES string of the molecule is C=C(C)C[N+](C)(C)c1ccccc1OC. The highest BCUT2D eigenvalue weighted by Gasteiger charge is 2.22. The lowest BCUT2D eigenvalue weighted by molar-refractivity contribution is 0.375. The number of nitrogens with zero attached hydrogens (tertiary/aromatic N) is 1. The van der Waals surface area contributed by atoms with Gasteiger partial charge in [-0.2, -0.15) is 0 Å². The highest BCUT2D eigenvalue weighted by Crippen LogP contribution is 2.31. The lowest BCUT2D eigenvalue weighted by atomic mass is 10.2. The Balaban J connectivity index is 3.07. The minimum Gasteiger partial charge on any atom is -0.491 e. The molecule has 2 heteroatoms. The van der Waals surface area contributed by atoms with Crippen molar-refractivity contribution in [3.05, 3.63) is 36.4 Å². The Kier molecular flexibility index (Phi) is 3.53. The van der Waals surface area contributed by atoms with Gasteiger partial charge in [-0.3, -0.25) is 4.48 Å². The molecule has 1 aromatic rings. The molecule has 0 N–H and O–H groups in total. The Labute approximate surface area is 92.4 Å². The molecule has 0 aromatic heterocycles. The second-order valence-corrected chi connectivity index (χ2v) is 4.47. The maximum absolute atomic E-state index is 5.37. The average Bonchev–Trinajstić information content (AvgIpc) is 2.16. The number of ether oxygens (including phenoxy) is 1. The maximum Gasteiger partial charge on any atom is 0.179 e. The molecule has 0 amide bonds. The van der Waals surface area contributed by atoms with Crippen LogP contribution in [0.4, 0.5) is 5.69 Å². The molecule has 0 saturated heterocycles. The zero-order chi connectivity index (χ0) is 11.5. The van der Waals surface area contributed by atoms with Gasteiger partial charge in [0.05, 0.1) is 21.2 Å². The second kappa shape index (κ2) is 4.49. The number of para-hydroxylation sites is 2. The van der Waals surface area contributed by atoms with Crippen molar-refractivity contribution in [3.8, 4) is 5.75 Å². The first kappa shape index (κ1) is 11.8. The molecular formula is C13H20NO+. The Hall–Kier alpha value is -1.28. The molecule has 1 aromatic carbocycles. The largest absolute Gasteiger partial charge is 0.491 e. The molecule has 0 fully saturated rings. The zero-order valence-corrected chi connectivity index (χ0v) is 10.1. The van der Waals surface area contributed by atoms with Crippen LogP contribution in [0, 0.1) is 0 Å². The number of benzene rings is 1. The van der Waals surface area contributed by atoms with Crippen LogP contribution in [0.2, 0.25) is 0 Å². The molecule has 0 spiro atoms. The first-order valence-electron chi connectivity index (χ1n) is 5.08. The van der Waals surface area contributed by atoms with Gasteiger partial charge in [-0.05, 0) is 18.6 Å². The van der Waals surface area contributed by atoms with Crippen LogP contribution in [-0.4, -0.2) is 27.7 Å². The second-order valence-electron chi connectivity index (χ2n) is 4.47. The molecular weight excluding hydrogens is 186 g/mol. The molecule has 15 heavy (non-hydrogen) atoms. The van der Waals surface area contributed by atoms with Crippen molar-refractivity contribution in [2.75, 3.05) is 27.7 Å². The lowest BCUT2D eigenvalue weighted by Gasteiger charge is -2.30. The zero-order valence-electron chi connectivity index (χ0n) is 10.1.